The topological polar surface area (TPSA) is 74.8 Å². The van der Waals surface area contributed by atoms with Crippen molar-refractivity contribution < 1.29 is 4.79 Å². The van der Waals surface area contributed by atoms with Gasteiger partial charge < -0.3 is 10.3 Å². The summed E-state index contributed by atoms with van der Waals surface area (Å²) in [6, 6.07) is 3.53. The third-order valence-corrected chi connectivity index (χ3v) is 4.49. The molecule has 0 saturated heterocycles. The standard InChI is InChI=1S/C14H16ClN3O2S/c1-7-10(14(20)18-9(3)16-7)6-13(19)17-8(2)11-4-5-12(15)21-11/h4-5,8H,6H2,1-3H3,(H,17,19)(H,16,18,20)/t8-/m0/s1. The molecule has 0 spiro atoms. The molecule has 0 aliphatic heterocycles. The Kier molecular flexibility index (Phi) is 4.80. The van der Waals surface area contributed by atoms with Crippen LogP contribution in [0.25, 0.3) is 0 Å². The van der Waals surface area contributed by atoms with Gasteiger partial charge in [-0.25, -0.2) is 4.98 Å². The van der Waals surface area contributed by atoms with Gasteiger partial charge in [0.25, 0.3) is 5.56 Å². The molecule has 1 amide bonds. The predicted octanol–water partition coefficient (Wildman–Crippen LogP) is 2.52. The van der Waals surface area contributed by atoms with Crippen LogP contribution in [-0.2, 0) is 11.2 Å². The van der Waals surface area contributed by atoms with Gasteiger partial charge in [-0.2, -0.15) is 0 Å². The molecule has 0 aliphatic rings. The summed E-state index contributed by atoms with van der Waals surface area (Å²) in [4.78, 5) is 31.7. The van der Waals surface area contributed by atoms with E-state index in [-0.39, 0.29) is 23.9 Å². The van der Waals surface area contributed by atoms with Gasteiger partial charge in [-0.1, -0.05) is 11.6 Å². The Balaban J connectivity index is 2.07. The first kappa shape index (κ1) is 15.7. The number of halogens is 1. The number of aryl methyl sites for hydroxylation is 2. The van der Waals surface area contributed by atoms with Crippen molar-refractivity contribution in [1.82, 2.24) is 15.3 Å². The number of carbonyl (C=O) groups is 1. The van der Waals surface area contributed by atoms with Crippen LogP contribution in [0.5, 0.6) is 0 Å². The summed E-state index contributed by atoms with van der Waals surface area (Å²) >= 11 is 7.30. The lowest BCUT2D eigenvalue weighted by Gasteiger charge is -2.12. The quantitative estimate of drug-likeness (QED) is 0.907. The smallest absolute Gasteiger partial charge is 0.254 e. The SMILES string of the molecule is Cc1nc(C)c(CC(=O)N[C@@H](C)c2ccc(Cl)s2)c(=O)[nH]1. The molecule has 21 heavy (non-hydrogen) atoms. The summed E-state index contributed by atoms with van der Waals surface area (Å²) in [6.45, 7) is 5.32. The Bertz CT molecular complexity index is 723. The van der Waals surface area contributed by atoms with Crippen molar-refractivity contribution in [3.63, 3.8) is 0 Å². The third-order valence-electron chi connectivity index (χ3n) is 3.08. The molecule has 5 nitrogen and oxygen atoms in total. The Morgan fingerprint density at radius 1 is 1.48 bits per heavy atom. The van der Waals surface area contributed by atoms with Gasteiger partial charge in [0, 0.05) is 16.1 Å². The van der Waals surface area contributed by atoms with Crippen LogP contribution in [0.3, 0.4) is 0 Å². The monoisotopic (exact) mass is 325 g/mol. The van der Waals surface area contributed by atoms with Gasteiger partial charge in [-0.15, -0.1) is 11.3 Å². The molecule has 0 unspecified atom stereocenters. The Labute approximate surface area is 131 Å². The Hall–Kier alpha value is -1.66. The van der Waals surface area contributed by atoms with Crippen molar-refractivity contribution in [1.29, 1.82) is 0 Å². The van der Waals surface area contributed by atoms with Crippen molar-refractivity contribution >= 4 is 28.8 Å². The van der Waals surface area contributed by atoms with E-state index in [0.717, 1.165) is 4.88 Å². The molecular weight excluding hydrogens is 310 g/mol. The number of thiophene rings is 1. The van der Waals surface area contributed by atoms with Gasteiger partial charge >= 0.3 is 0 Å². The zero-order valence-electron chi connectivity index (χ0n) is 12.0. The molecule has 2 rings (SSSR count). The predicted molar refractivity (Wildman–Crippen MR) is 83.9 cm³/mol. The molecule has 0 saturated carbocycles. The lowest BCUT2D eigenvalue weighted by molar-refractivity contribution is -0.121. The number of hydrogen-bond acceptors (Lipinski definition) is 4. The van der Waals surface area contributed by atoms with Gasteiger partial charge in [-0.3, -0.25) is 9.59 Å². The summed E-state index contributed by atoms with van der Waals surface area (Å²) in [5.41, 5.74) is 0.717. The second kappa shape index (κ2) is 6.41. The highest BCUT2D eigenvalue weighted by Crippen LogP contribution is 2.26. The van der Waals surface area contributed by atoms with Crippen molar-refractivity contribution in [2.45, 2.75) is 33.2 Å². The molecule has 0 aliphatic carbocycles. The molecule has 0 radical (unpaired) electrons. The zero-order chi connectivity index (χ0) is 15.6. The molecule has 112 valence electrons. The van der Waals surface area contributed by atoms with E-state index in [1.54, 1.807) is 19.9 Å². The van der Waals surface area contributed by atoms with Gasteiger partial charge in [0.2, 0.25) is 5.91 Å². The minimum atomic E-state index is -0.262. The van der Waals surface area contributed by atoms with E-state index in [1.807, 2.05) is 13.0 Å². The second-order valence-corrected chi connectivity index (χ2v) is 6.57. The van der Waals surface area contributed by atoms with Crippen LogP contribution in [0.2, 0.25) is 4.34 Å². The van der Waals surface area contributed by atoms with Gasteiger partial charge in [-0.05, 0) is 32.9 Å². The van der Waals surface area contributed by atoms with Gasteiger partial charge in [0.05, 0.1) is 16.8 Å². The first-order valence-corrected chi connectivity index (χ1v) is 7.67. The Morgan fingerprint density at radius 3 is 2.76 bits per heavy atom. The van der Waals surface area contributed by atoms with Crippen molar-refractivity contribution in [2.24, 2.45) is 0 Å². The maximum Gasteiger partial charge on any atom is 0.254 e. The van der Waals surface area contributed by atoms with Crippen molar-refractivity contribution in [2.75, 3.05) is 0 Å². The summed E-state index contributed by atoms with van der Waals surface area (Å²) in [6.07, 6.45) is 0.0118. The van der Waals surface area contributed by atoms with Crippen LogP contribution >= 0.6 is 22.9 Å². The maximum absolute atomic E-state index is 12.1. The molecule has 0 aromatic carbocycles. The van der Waals surface area contributed by atoms with E-state index in [9.17, 15) is 9.59 Å². The second-order valence-electron chi connectivity index (χ2n) is 4.82. The first-order chi connectivity index (χ1) is 9.86. The van der Waals surface area contributed by atoms with E-state index >= 15 is 0 Å². The molecule has 7 heteroatoms. The van der Waals surface area contributed by atoms with Crippen LogP contribution in [0, 0.1) is 13.8 Å². The number of nitrogens with zero attached hydrogens (tertiary/aromatic N) is 1. The third kappa shape index (κ3) is 3.92. The van der Waals surface area contributed by atoms with Crippen LogP contribution < -0.4 is 10.9 Å². The highest BCUT2D eigenvalue weighted by atomic mass is 35.5. The lowest BCUT2D eigenvalue weighted by Crippen LogP contribution is -2.30. The normalized spacial score (nSPS) is 12.2. The fourth-order valence-corrected chi connectivity index (χ4v) is 3.11. The molecule has 2 heterocycles. The van der Waals surface area contributed by atoms with Crippen LogP contribution in [0.15, 0.2) is 16.9 Å². The van der Waals surface area contributed by atoms with Crippen LogP contribution in [-0.4, -0.2) is 15.9 Å². The van der Waals surface area contributed by atoms with Gasteiger partial charge in [0.1, 0.15) is 5.82 Å². The van der Waals surface area contributed by atoms with Crippen LogP contribution in [0.1, 0.15) is 34.9 Å². The van der Waals surface area contributed by atoms with Crippen molar-refractivity contribution in [3.05, 3.63) is 48.8 Å². The van der Waals surface area contributed by atoms with Crippen LogP contribution in [0.4, 0.5) is 0 Å². The summed E-state index contributed by atoms with van der Waals surface area (Å²) in [5.74, 6) is 0.328. The number of H-pyrrole nitrogens is 1. The summed E-state index contributed by atoms with van der Waals surface area (Å²) in [7, 11) is 0. The van der Waals surface area contributed by atoms with E-state index < -0.39 is 0 Å². The number of hydrogen-bond donors (Lipinski definition) is 2. The van der Waals surface area contributed by atoms with E-state index in [2.05, 4.69) is 15.3 Å². The fraction of sp³-hybridized carbons (Fsp3) is 0.357. The number of amides is 1. The molecule has 2 N–H and O–H groups in total. The average molecular weight is 326 g/mol. The molecular formula is C14H16ClN3O2S. The van der Waals surface area contributed by atoms with Gasteiger partial charge in [0.15, 0.2) is 0 Å². The number of carbonyl (C=O) groups excluding carboxylic acids is 1. The summed E-state index contributed by atoms with van der Waals surface area (Å²) in [5, 5.41) is 2.86. The molecule has 1 atom stereocenters. The average Bonchev–Trinajstić information content (AvgIpc) is 2.80. The number of nitrogens with one attached hydrogen (secondary N) is 2. The molecule has 2 aromatic rings. The maximum atomic E-state index is 12.1. The summed E-state index contributed by atoms with van der Waals surface area (Å²) < 4.78 is 0.682. The fourth-order valence-electron chi connectivity index (χ4n) is 2.04. The highest BCUT2D eigenvalue weighted by molar-refractivity contribution is 7.16. The number of rotatable bonds is 4. The van der Waals surface area contributed by atoms with Crippen molar-refractivity contribution in [3.8, 4) is 0 Å². The first-order valence-electron chi connectivity index (χ1n) is 6.48. The van der Waals surface area contributed by atoms with E-state index in [0.29, 0.717) is 21.4 Å². The molecule has 0 fully saturated rings. The number of aromatic nitrogens is 2. The lowest BCUT2D eigenvalue weighted by atomic mass is 10.1. The zero-order valence-corrected chi connectivity index (χ0v) is 13.6. The number of aromatic amines is 1. The van der Waals surface area contributed by atoms with E-state index in [1.165, 1.54) is 11.3 Å². The molecule has 2 aromatic heterocycles. The van der Waals surface area contributed by atoms with E-state index in [4.69, 9.17) is 11.6 Å². The minimum absolute atomic E-state index is 0.0118. The molecule has 0 bridgehead atoms. The Morgan fingerprint density at radius 2 is 2.19 bits per heavy atom. The largest absolute Gasteiger partial charge is 0.348 e. The minimum Gasteiger partial charge on any atom is -0.348 e. The highest BCUT2D eigenvalue weighted by Gasteiger charge is 2.15.